The van der Waals surface area contributed by atoms with Crippen molar-refractivity contribution in [2.24, 2.45) is 0 Å². The maximum absolute atomic E-state index is 6.25. The van der Waals surface area contributed by atoms with Gasteiger partial charge in [0, 0.05) is 17.4 Å². The molecule has 0 amide bonds. The largest absolute Gasteiger partial charge is 0.493 e. The normalized spacial score (nSPS) is 13.1. The summed E-state index contributed by atoms with van der Waals surface area (Å²) in [5, 5.41) is 0. The zero-order chi connectivity index (χ0) is 19.1. The molecule has 0 spiro atoms. The molecule has 3 rings (SSSR count). The summed E-state index contributed by atoms with van der Waals surface area (Å²) in [5.74, 6) is 1.63. The Hall–Kier alpha value is -2.54. The van der Waals surface area contributed by atoms with Gasteiger partial charge in [0.15, 0.2) is 0 Å². The molecule has 0 aromatic heterocycles. The van der Waals surface area contributed by atoms with Crippen molar-refractivity contribution < 1.29 is 4.74 Å². The topological polar surface area (TPSA) is 9.23 Å². The van der Waals surface area contributed by atoms with Crippen LogP contribution >= 0.6 is 0 Å². The predicted molar refractivity (Wildman–Crippen MR) is 115 cm³/mol. The zero-order valence-electron chi connectivity index (χ0n) is 16.7. The highest BCUT2D eigenvalue weighted by atomic mass is 16.5. The lowest BCUT2D eigenvalue weighted by Gasteiger charge is -2.25. The van der Waals surface area contributed by atoms with E-state index in [0.29, 0.717) is 5.92 Å². The van der Waals surface area contributed by atoms with Crippen LogP contribution < -0.4 is 4.74 Å². The average Bonchev–Trinajstić information content (AvgIpc) is 2.74. The van der Waals surface area contributed by atoms with Crippen LogP contribution in [-0.2, 0) is 0 Å². The number of rotatable bonds is 8. The molecule has 0 bridgehead atoms. The van der Waals surface area contributed by atoms with Crippen molar-refractivity contribution in [3.8, 4) is 5.75 Å². The van der Waals surface area contributed by atoms with Gasteiger partial charge in [-0.1, -0.05) is 100.0 Å². The summed E-state index contributed by atoms with van der Waals surface area (Å²) < 4.78 is 6.25. The van der Waals surface area contributed by atoms with E-state index in [0.717, 1.165) is 25.2 Å². The summed E-state index contributed by atoms with van der Waals surface area (Å²) >= 11 is 0. The predicted octanol–water partition coefficient (Wildman–Crippen LogP) is 7.17. The smallest absolute Gasteiger partial charge is 0.123 e. The number of unbranched alkanes of at least 4 members (excludes halogenated alkanes) is 1. The third kappa shape index (κ3) is 4.60. The fraction of sp³-hybridized carbons (Fsp3) is 0.308. The first-order valence-electron chi connectivity index (χ1n) is 10.1. The highest BCUT2D eigenvalue weighted by Gasteiger charge is 2.22. The second-order valence-corrected chi connectivity index (χ2v) is 7.23. The molecule has 0 radical (unpaired) electrons. The molecule has 2 unspecified atom stereocenters. The lowest BCUT2D eigenvalue weighted by Crippen LogP contribution is -2.09. The molecule has 0 saturated heterocycles. The van der Waals surface area contributed by atoms with Crippen molar-refractivity contribution in [2.45, 2.75) is 45.4 Å². The van der Waals surface area contributed by atoms with Gasteiger partial charge in [0.1, 0.15) is 5.75 Å². The quantitative estimate of drug-likeness (QED) is 0.388. The van der Waals surface area contributed by atoms with Crippen LogP contribution in [-0.4, -0.2) is 6.61 Å². The summed E-state index contributed by atoms with van der Waals surface area (Å²) in [7, 11) is 0. The Labute approximate surface area is 164 Å². The maximum Gasteiger partial charge on any atom is 0.123 e. The van der Waals surface area contributed by atoms with E-state index in [1.54, 1.807) is 0 Å². The van der Waals surface area contributed by atoms with Crippen LogP contribution in [0.15, 0.2) is 78.9 Å². The summed E-state index contributed by atoms with van der Waals surface area (Å²) in [4.78, 5) is 0. The molecule has 0 aliphatic rings. The van der Waals surface area contributed by atoms with Gasteiger partial charge in [0.05, 0.1) is 6.61 Å². The minimum absolute atomic E-state index is 0.283. The third-order valence-corrected chi connectivity index (χ3v) is 5.35. The maximum atomic E-state index is 6.25. The first kappa shape index (κ1) is 19.2. The molecule has 3 aromatic carbocycles. The van der Waals surface area contributed by atoms with Gasteiger partial charge in [-0.2, -0.15) is 0 Å². The van der Waals surface area contributed by atoms with E-state index in [4.69, 9.17) is 4.74 Å². The molecule has 1 nitrogen and oxygen atoms in total. The lowest BCUT2D eigenvalue weighted by molar-refractivity contribution is 0.305. The van der Waals surface area contributed by atoms with E-state index in [2.05, 4.69) is 99.6 Å². The Morgan fingerprint density at radius 1 is 0.704 bits per heavy atom. The molecular weight excluding hydrogens is 328 g/mol. The van der Waals surface area contributed by atoms with Crippen LogP contribution in [0.5, 0.6) is 5.75 Å². The minimum Gasteiger partial charge on any atom is -0.493 e. The van der Waals surface area contributed by atoms with Crippen LogP contribution in [0.4, 0.5) is 0 Å². The molecule has 0 fully saturated rings. The van der Waals surface area contributed by atoms with Gasteiger partial charge in [0.25, 0.3) is 0 Å². The van der Waals surface area contributed by atoms with Gasteiger partial charge in [-0.25, -0.2) is 0 Å². The van der Waals surface area contributed by atoms with Crippen LogP contribution in [0.3, 0.4) is 0 Å². The van der Waals surface area contributed by atoms with E-state index >= 15 is 0 Å². The molecule has 140 valence electrons. The van der Waals surface area contributed by atoms with E-state index in [1.165, 1.54) is 22.3 Å². The molecule has 0 N–H and O–H groups in total. The standard InChI is InChI=1S/C26H30O/c1-4-5-19-27-25-18-12-17-24(20(2)22-13-8-6-9-14-22)26(25)21(3)23-15-10-7-11-16-23/h6-18,20-21H,4-5,19H2,1-3H3. The van der Waals surface area contributed by atoms with Crippen molar-refractivity contribution in [2.75, 3.05) is 6.61 Å². The second-order valence-electron chi connectivity index (χ2n) is 7.23. The molecule has 0 saturated carbocycles. The fourth-order valence-corrected chi connectivity index (χ4v) is 3.68. The van der Waals surface area contributed by atoms with Crippen LogP contribution in [0.1, 0.15) is 67.7 Å². The summed E-state index contributed by atoms with van der Waals surface area (Å²) in [5.41, 5.74) is 5.33. The van der Waals surface area contributed by atoms with Gasteiger partial charge in [0.2, 0.25) is 0 Å². The number of hydrogen-bond donors (Lipinski definition) is 0. The SMILES string of the molecule is CCCCOc1cccc(C(C)c2ccccc2)c1C(C)c1ccccc1. The molecule has 1 heteroatoms. The van der Waals surface area contributed by atoms with Crippen LogP contribution in [0, 0.1) is 0 Å². The Bertz CT molecular complexity index is 823. The van der Waals surface area contributed by atoms with Gasteiger partial charge >= 0.3 is 0 Å². The zero-order valence-corrected chi connectivity index (χ0v) is 16.7. The van der Waals surface area contributed by atoms with E-state index in [9.17, 15) is 0 Å². The van der Waals surface area contributed by atoms with Gasteiger partial charge < -0.3 is 4.74 Å². The van der Waals surface area contributed by atoms with Crippen LogP contribution in [0.25, 0.3) is 0 Å². The first-order chi connectivity index (χ1) is 13.2. The number of benzene rings is 3. The molecule has 2 atom stereocenters. The molecule has 3 aromatic rings. The molecule has 27 heavy (non-hydrogen) atoms. The fourth-order valence-electron chi connectivity index (χ4n) is 3.68. The Kier molecular flexibility index (Phi) is 6.70. The molecule has 0 aliphatic carbocycles. The monoisotopic (exact) mass is 358 g/mol. The van der Waals surface area contributed by atoms with Crippen molar-refractivity contribution >= 4 is 0 Å². The first-order valence-corrected chi connectivity index (χ1v) is 10.1. The second kappa shape index (κ2) is 9.41. The molecule has 0 heterocycles. The van der Waals surface area contributed by atoms with Gasteiger partial charge in [-0.15, -0.1) is 0 Å². The average molecular weight is 359 g/mol. The number of hydrogen-bond acceptors (Lipinski definition) is 1. The Balaban J connectivity index is 2.05. The van der Waals surface area contributed by atoms with Crippen molar-refractivity contribution in [1.82, 2.24) is 0 Å². The van der Waals surface area contributed by atoms with Gasteiger partial charge in [-0.05, 0) is 29.2 Å². The Morgan fingerprint density at radius 2 is 1.30 bits per heavy atom. The highest BCUT2D eigenvalue weighted by Crippen LogP contribution is 2.39. The molecule has 0 aliphatic heterocycles. The van der Waals surface area contributed by atoms with Crippen LogP contribution in [0.2, 0.25) is 0 Å². The van der Waals surface area contributed by atoms with Crippen molar-refractivity contribution in [1.29, 1.82) is 0 Å². The summed E-state index contributed by atoms with van der Waals surface area (Å²) in [6.45, 7) is 7.55. The minimum atomic E-state index is 0.283. The van der Waals surface area contributed by atoms with Crippen molar-refractivity contribution in [3.63, 3.8) is 0 Å². The van der Waals surface area contributed by atoms with Crippen molar-refractivity contribution in [3.05, 3.63) is 101 Å². The Morgan fingerprint density at radius 3 is 1.89 bits per heavy atom. The summed E-state index contributed by atoms with van der Waals surface area (Å²) in [6.07, 6.45) is 2.22. The number of ether oxygens (including phenoxy) is 1. The molecular formula is C26H30O. The van der Waals surface area contributed by atoms with E-state index < -0.39 is 0 Å². The lowest BCUT2D eigenvalue weighted by atomic mass is 9.82. The summed E-state index contributed by atoms with van der Waals surface area (Å²) in [6, 6.07) is 28.0. The highest BCUT2D eigenvalue weighted by molar-refractivity contribution is 5.50. The van der Waals surface area contributed by atoms with E-state index in [1.807, 2.05) is 0 Å². The van der Waals surface area contributed by atoms with E-state index in [-0.39, 0.29) is 5.92 Å². The third-order valence-electron chi connectivity index (χ3n) is 5.35. The van der Waals surface area contributed by atoms with Gasteiger partial charge in [-0.3, -0.25) is 0 Å².